The Labute approximate surface area is 141 Å². The molecule has 1 aliphatic carbocycles. The third kappa shape index (κ3) is 3.70. The lowest BCUT2D eigenvalue weighted by Gasteiger charge is -2.06. The van der Waals surface area contributed by atoms with Crippen molar-refractivity contribution >= 4 is 23.0 Å². The van der Waals surface area contributed by atoms with Gasteiger partial charge in [0, 0.05) is 5.92 Å². The van der Waals surface area contributed by atoms with Gasteiger partial charge < -0.3 is 4.84 Å². The second-order valence-corrected chi connectivity index (χ2v) is 7.31. The second-order valence-electron chi connectivity index (χ2n) is 6.36. The highest BCUT2D eigenvalue weighted by Gasteiger charge is 2.40. The summed E-state index contributed by atoms with van der Waals surface area (Å²) in [6, 6.07) is 12.4. The van der Waals surface area contributed by atoms with Crippen molar-refractivity contribution in [3.8, 4) is 0 Å². The predicted octanol–water partition coefficient (Wildman–Crippen LogP) is 5.21. The van der Waals surface area contributed by atoms with Crippen molar-refractivity contribution in [1.29, 1.82) is 0 Å². The molecule has 23 heavy (non-hydrogen) atoms. The Kier molecular flexibility index (Phi) is 4.62. The Morgan fingerprint density at radius 3 is 2.61 bits per heavy atom. The summed E-state index contributed by atoms with van der Waals surface area (Å²) in [5.41, 5.74) is 3.60. The summed E-state index contributed by atoms with van der Waals surface area (Å²) in [4.78, 5) is 17.4. The number of thiophene rings is 1. The van der Waals surface area contributed by atoms with Crippen LogP contribution in [0.15, 0.2) is 46.9 Å². The molecule has 1 fully saturated rings. The van der Waals surface area contributed by atoms with E-state index in [1.165, 1.54) is 22.5 Å². The number of hydrogen-bond acceptors (Lipinski definition) is 4. The van der Waals surface area contributed by atoms with E-state index in [4.69, 9.17) is 4.84 Å². The summed E-state index contributed by atoms with van der Waals surface area (Å²) in [5.74, 6) is 1.06. The fraction of sp³-hybridized carbons (Fsp3) is 0.368. The lowest BCUT2D eigenvalue weighted by Crippen LogP contribution is -2.03. The zero-order valence-corrected chi connectivity index (χ0v) is 14.5. The Bertz CT molecular complexity index is 701. The van der Waals surface area contributed by atoms with E-state index in [0.717, 1.165) is 12.1 Å². The first-order chi connectivity index (χ1) is 11.1. The molecule has 0 amide bonds. The molecular formula is C19H21NO2S. The highest BCUT2D eigenvalue weighted by molar-refractivity contribution is 7.11. The fourth-order valence-corrected chi connectivity index (χ4v) is 3.37. The molecule has 1 heterocycles. The van der Waals surface area contributed by atoms with Crippen molar-refractivity contribution in [3.05, 3.63) is 57.8 Å². The van der Waals surface area contributed by atoms with Crippen LogP contribution in [0.3, 0.4) is 0 Å². The first-order valence-electron chi connectivity index (χ1n) is 7.95. The molecule has 0 bridgehead atoms. The van der Waals surface area contributed by atoms with Gasteiger partial charge in [-0.3, -0.25) is 0 Å². The smallest absolute Gasteiger partial charge is 0.312 e. The zero-order valence-electron chi connectivity index (χ0n) is 13.7. The minimum atomic E-state index is -0.377. The highest BCUT2D eigenvalue weighted by Crippen LogP contribution is 2.48. The van der Waals surface area contributed by atoms with Crippen LogP contribution in [0.5, 0.6) is 0 Å². The van der Waals surface area contributed by atoms with E-state index in [0.29, 0.717) is 22.6 Å². The number of nitrogens with zero attached hydrogens (tertiary/aromatic N) is 1. The summed E-state index contributed by atoms with van der Waals surface area (Å²) in [7, 11) is 0. The van der Waals surface area contributed by atoms with Gasteiger partial charge >= 0.3 is 5.97 Å². The van der Waals surface area contributed by atoms with Crippen molar-refractivity contribution in [2.24, 2.45) is 11.1 Å². The maximum Gasteiger partial charge on any atom is 0.375 e. The van der Waals surface area contributed by atoms with Crippen molar-refractivity contribution in [3.63, 3.8) is 0 Å². The van der Waals surface area contributed by atoms with Crippen LogP contribution < -0.4 is 0 Å². The maximum atomic E-state index is 11.8. The van der Waals surface area contributed by atoms with E-state index in [2.05, 4.69) is 43.3 Å². The van der Waals surface area contributed by atoms with Crippen LogP contribution in [-0.4, -0.2) is 11.7 Å². The Balaban J connectivity index is 1.59. The van der Waals surface area contributed by atoms with Crippen molar-refractivity contribution < 1.29 is 9.63 Å². The molecule has 0 N–H and O–H groups in total. The first-order valence-corrected chi connectivity index (χ1v) is 8.83. The van der Waals surface area contributed by atoms with Gasteiger partial charge in [0.2, 0.25) is 0 Å². The molecule has 0 saturated heterocycles. The van der Waals surface area contributed by atoms with E-state index in [-0.39, 0.29) is 5.97 Å². The third-order valence-corrected chi connectivity index (χ3v) is 5.20. The Hall–Kier alpha value is -1.94. The SMILES string of the molecule is C/C(=N/OC(=O)c1cccs1)[C@@H]1C[C@@H]1c1ccc(C(C)C)cc1. The normalized spacial score (nSPS) is 20.6. The largest absolute Gasteiger partial charge is 0.375 e. The van der Waals surface area contributed by atoms with Crippen LogP contribution in [-0.2, 0) is 4.84 Å². The minimum Gasteiger partial charge on any atom is -0.312 e. The summed E-state index contributed by atoms with van der Waals surface area (Å²) in [6.07, 6.45) is 1.08. The van der Waals surface area contributed by atoms with Crippen molar-refractivity contribution in [1.82, 2.24) is 0 Å². The molecular weight excluding hydrogens is 306 g/mol. The average Bonchev–Trinajstić information content (AvgIpc) is 3.17. The van der Waals surface area contributed by atoms with Gasteiger partial charge in [-0.2, -0.15) is 0 Å². The molecule has 1 aliphatic rings. The number of carbonyl (C=O) groups is 1. The third-order valence-electron chi connectivity index (χ3n) is 4.35. The fourth-order valence-electron chi connectivity index (χ4n) is 2.77. The van der Waals surface area contributed by atoms with E-state index in [1.807, 2.05) is 18.4 Å². The number of benzene rings is 1. The molecule has 1 aromatic heterocycles. The van der Waals surface area contributed by atoms with Gasteiger partial charge in [-0.1, -0.05) is 49.3 Å². The van der Waals surface area contributed by atoms with Crippen LogP contribution in [0, 0.1) is 5.92 Å². The van der Waals surface area contributed by atoms with Gasteiger partial charge in [0.1, 0.15) is 4.88 Å². The standard InChI is InChI=1S/C19H21NO2S/c1-12(2)14-6-8-15(9-7-14)17-11-16(17)13(3)20-22-19(21)18-5-4-10-23-18/h4-10,12,16-17H,11H2,1-3H3/b20-13-/t16-,17+/m0/s1. The molecule has 3 rings (SSSR count). The molecule has 0 unspecified atom stereocenters. The zero-order chi connectivity index (χ0) is 16.4. The van der Waals surface area contributed by atoms with Crippen LogP contribution in [0.25, 0.3) is 0 Å². The van der Waals surface area contributed by atoms with Gasteiger partial charge in [-0.15, -0.1) is 11.3 Å². The van der Waals surface area contributed by atoms with Crippen LogP contribution in [0.2, 0.25) is 0 Å². The first kappa shape index (κ1) is 15.9. The van der Waals surface area contributed by atoms with Crippen LogP contribution in [0.4, 0.5) is 0 Å². The van der Waals surface area contributed by atoms with Gasteiger partial charge in [0.05, 0.1) is 5.71 Å². The summed E-state index contributed by atoms with van der Waals surface area (Å²) < 4.78 is 0. The van der Waals surface area contributed by atoms with Crippen LogP contribution >= 0.6 is 11.3 Å². The monoisotopic (exact) mass is 327 g/mol. The van der Waals surface area contributed by atoms with E-state index in [9.17, 15) is 4.79 Å². The van der Waals surface area contributed by atoms with Crippen molar-refractivity contribution in [2.75, 3.05) is 0 Å². The number of rotatable bonds is 5. The van der Waals surface area contributed by atoms with E-state index >= 15 is 0 Å². The van der Waals surface area contributed by atoms with E-state index < -0.39 is 0 Å². The molecule has 4 heteroatoms. The lowest BCUT2D eigenvalue weighted by atomic mass is 9.99. The van der Waals surface area contributed by atoms with Crippen molar-refractivity contribution in [2.45, 2.75) is 39.0 Å². The molecule has 0 spiro atoms. The lowest BCUT2D eigenvalue weighted by molar-refractivity contribution is 0.0520. The number of oxime groups is 1. The highest BCUT2D eigenvalue weighted by atomic mass is 32.1. The number of carbonyl (C=O) groups excluding carboxylic acids is 1. The second kappa shape index (κ2) is 6.67. The van der Waals surface area contributed by atoms with Gasteiger partial charge in [-0.05, 0) is 47.8 Å². The average molecular weight is 327 g/mol. The molecule has 2 atom stereocenters. The van der Waals surface area contributed by atoms with Gasteiger partial charge in [0.15, 0.2) is 0 Å². The molecule has 3 nitrogen and oxygen atoms in total. The number of hydrogen-bond donors (Lipinski definition) is 0. The molecule has 0 radical (unpaired) electrons. The van der Waals surface area contributed by atoms with Gasteiger partial charge in [0.25, 0.3) is 0 Å². The Morgan fingerprint density at radius 1 is 1.26 bits per heavy atom. The minimum absolute atomic E-state index is 0.377. The predicted molar refractivity (Wildman–Crippen MR) is 94.2 cm³/mol. The topological polar surface area (TPSA) is 38.7 Å². The molecule has 120 valence electrons. The molecule has 1 saturated carbocycles. The summed E-state index contributed by atoms with van der Waals surface area (Å²) in [5, 5.41) is 5.89. The van der Waals surface area contributed by atoms with Gasteiger partial charge in [-0.25, -0.2) is 4.79 Å². The maximum absolute atomic E-state index is 11.8. The van der Waals surface area contributed by atoms with Crippen LogP contribution in [0.1, 0.15) is 59.8 Å². The summed E-state index contributed by atoms with van der Waals surface area (Å²) >= 11 is 1.36. The molecule has 0 aliphatic heterocycles. The molecule has 2 aromatic rings. The summed E-state index contributed by atoms with van der Waals surface area (Å²) in [6.45, 7) is 6.34. The van der Waals surface area contributed by atoms with E-state index in [1.54, 1.807) is 6.07 Å². The quantitative estimate of drug-likeness (QED) is 0.430. The molecule has 1 aromatic carbocycles. The Morgan fingerprint density at radius 2 is 2.00 bits per heavy atom.